The molecule has 35 heavy (non-hydrogen) atoms. The highest BCUT2D eigenvalue weighted by Crippen LogP contribution is 2.40. The molecule has 2 atom stereocenters. The van der Waals surface area contributed by atoms with E-state index in [4.69, 9.17) is 4.98 Å². The first kappa shape index (κ1) is 23.6. The highest BCUT2D eigenvalue weighted by atomic mass is 32.1. The van der Waals surface area contributed by atoms with Crippen LogP contribution in [-0.2, 0) is 0 Å². The Labute approximate surface area is 213 Å². The molecule has 0 radical (unpaired) electrons. The molecule has 0 bridgehead atoms. The number of nitrogens with zero attached hydrogens (tertiary/aromatic N) is 1. The molecule has 0 spiro atoms. The molecule has 2 unspecified atom stereocenters. The summed E-state index contributed by atoms with van der Waals surface area (Å²) in [6.07, 6.45) is 9.95. The summed E-state index contributed by atoms with van der Waals surface area (Å²) in [6, 6.07) is 21.9. The molecule has 1 N–H and O–H groups in total. The number of hydrogen-bond donors (Lipinski definition) is 1. The number of nitrogens with one attached hydrogen (secondary N) is 1. The second kappa shape index (κ2) is 10.2. The third kappa shape index (κ3) is 4.83. The molecule has 0 amide bonds. The standard InChI is InChI=1S/C32H34N2S/c1-21(2)25-17-11-18-26(22(3)4)31(25)34-30(24-13-6-5-7-14-24)32-33-29(20-35-32)28-19-10-15-23-12-8-9-16-27(23)28/h5-13,15-22,24,30,34H,14H2,1-4H3. The van der Waals surface area contributed by atoms with E-state index in [9.17, 15) is 0 Å². The van der Waals surface area contributed by atoms with Gasteiger partial charge in [-0.3, -0.25) is 0 Å². The van der Waals surface area contributed by atoms with Crippen LogP contribution in [0.2, 0.25) is 0 Å². The number of allylic oxidation sites excluding steroid dienone is 3. The second-order valence-corrected chi connectivity index (χ2v) is 10.9. The maximum absolute atomic E-state index is 5.25. The van der Waals surface area contributed by atoms with Crippen molar-refractivity contribution in [2.24, 2.45) is 5.92 Å². The van der Waals surface area contributed by atoms with E-state index in [0.717, 1.165) is 17.1 Å². The van der Waals surface area contributed by atoms with E-state index in [2.05, 4.69) is 123 Å². The van der Waals surface area contributed by atoms with E-state index in [0.29, 0.717) is 17.8 Å². The van der Waals surface area contributed by atoms with Crippen LogP contribution in [0.1, 0.15) is 68.1 Å². The lowest BCUT2D eigenvalue weighted by Gasteiger charge is -2.29. The third-order valence-electron chi connectivity index (χ3n) is 6.97. The Kier molecular flexibility index (Phi) is 6.88. The van der Waals surface area contributed by atoms with Crippen LogP contribution < -0.4 is 5.32 Å². The first-order valence-electron chi connectivity index (χ1n) is 12.7. The van der Waals surface area contributed by atoms with Gasteiger partial charge < -0.3 is 5.32 Å². The van der Waals surface area contributed by atoms with Crippen LogP contribution in [-0.4, -0.2) is 4.98 Å². The average Bonchev–Trinajstić information content (AvgIpc) is 3.37. The topological polar surface area (TPSA) is 24.9 Å². The van der Waals surface area contributed by atoms with Crippen molar-refractivity contribution in [3.05, 3.63) is 106 Å². The summed E-state index contributed by atoms with van der Waals surface area (Å²) in [6.45, 7) is 9.13. The number of benzene rings is 3. The predicted molar refractivity (Wildman–Crippen MR) is 152 cm³/mol. The number of rotatable bonds is 7. The summed E-state index contributed by atoms with van der Waals surface area (Å²) in [5, 5.41) is 9.91. The molecule has 0 aliphatic heterocycles. The lowest BCUT2D eigenvalue weighted by molar-refractivity contribution is 0.551. The Hall–Kier alpha value is -3.17. The lowest BCUT2D eigenvalue weighted by Crippen LogP contribution is -2.22. The zero-order valence-corrected chi connectivity index (χ0v) is 21.8. The van der Waals surface area contributed by atoms with Gasteiger partial charge in [0.1, 0.15) is 5.01 Å². The number of thiazole rings is 1. The third-order valence-corrected chi connectivity index (χ3v) is 7.90. The minimum absolute atomic E-state index is 0.113. The van der Waals surface area contributed by atoms with Gasteiger partial charge in [0, 0.05) is 22.5 Å². The maximum atomic E-state index is 5.25. The van der Waals surface area contributed by atoms with Crippen molar-refractivity contribution in [1.29, 1.82) is 0 Å². The molecule has 3 aromatic carbocycles. The van der Waals surface area contributed by atoms with Gasteiger partial charge in [-0.15, -0.1) is 11.3 Å². The van der Waals surface area contributed by atoms with Crippen molar-refractivity contribution in [2.75, 3.05) is 5.32 Å². The molecule has 4 aromatic rings. The first-order chi connectivity index (χ1) is 17.0. The first-order valence-corrected chi connectivity index (χ1v) is 13.6. The molecule has 1 aliphatic rings. The minimum atomic E-state index is 0.113. The van der Waals surface area contributed by atoms with Crippen molar-refractivity contribution in [1.82, 2.24) is 4.98 Å². The van der Waals surface area contributed by atoms with Gasteiger partial charge in [0.2, 0.25) is 0 Å². The summed E-state index contributed by atoms with van der Waals surface area (Å²) in [5.74, 6) is 1.24. The average molecular weight is 479 g/mol. The van der Waals surface area contributed by atoms with Crippen LogP contribution in [0.15, 0.2) is 90.3 Å². The molecule has 2 nitrogen and oxygen atoms in total. The van der Waals surface area contributed by atoms with Crippen LogP contribution in [0.5, 0.6) is 0 Å². The smallest absolute Gasteiger partial charge is 0.116 e. The second-order valence-electron chi connectivity index (χ2n) is 10.1. The highest BCUT2D eigenvalue weighted by Gasteiger charge is 2.27. The van der Waals surface area contributed by atoms with Crippen LogP contribution in [0, 0.1) is 5.92 Å². The zero-order valence-electron chi connectivity index (χ0n) is 21.0. The monoisotopic (exact) mass is 478 g/mol. The van der Waals surface area contributed by atoms with E-state index >= 15 is 0 Å². The normalized spacial score (nSPS) is 16.3. The Balaban J connectivity index is 1.58. The summed E-state index contributed by atoms with van der Waals surface area (Å²) >= 11 is 1.77. The fourth-order valence-electron chi connectivity index (χ4n) is 5.07. The summed E-state index contributed by atoms with van der Waals surface area (Å²) < 4.78 is 0. The fourth-order valence-corrected chi connectivity index (χ4v) is 6.02. The molecule has 3 heteroatoms. The van der Waals surface area contributed by atoms with Gasteiger partial charge in [0.05, 0.1) is 11.7 Å². The molecule has 5 rings (SSSR count). The van der Waals surface area contributed by atoms with Crippen molar-refractivity contribution in [2.45, 2.75) is 52.0 Å². The largest absolute Gasteiger partial charge is 0.375 e. The van der Waals surface area contributed by atoms with Crippen molar-refractivity contribution in [3.8, 4) is 11.3 Å². The lowest BCUT2D eigenvalue weighted by atomic mass is 9.89. The molecule has 0 saturated carbocycles. The molecule has 1 aromatic heterocycles. The number of hydrogen-bond acceptors (Lipinski definition) is 3. The van der Waals surface area contributed by atoms with Crippen molar-refractivity contribution >= 4 is 27.8 Å². The maximum Gasteiger partial charge on any atom is 0.116 e. The van der Waals surface area contributed by atoms with E-state index in [1.165, 1.54) is 33.2 Å². The number of para-hydroxylation sites is 1. The van der Waals surface area contributed by atoms with Gasteiger partial charge in [-0.05, 0) is 40.2 Å². The molecular weight excluding hydrogens is 444 g/mol. The van der Waals surface area contributed by atoms with Gasteiger partial charge >= 0.3 is 0 Å². The van der Waals surface area contributed by atoms with Gasteiger partial charge in [-0.2, -0.15) is 0 Å². The minimum Gasteiger partial charge on any atom is -0.375 e. The molecule has 1 aliphatic carbocycles. The predicted octanol–water partition coefficient (Wildman–Crippen LogP) is 9.50. The van der Waals surface area contributed by atoms with Crippen molar-refractivity contribution < 1.29 is 0 Å². The van der Waals surface area contributed by atoms with E-state index in [1.807, 2.05) is 0 Å². The van der Waals surface area contributed by atoms with Crippen LogP contribution >= 0.6 is 11.3 Å². The Morgan fingerprint density at radius 2 is 1.57 bits per heavy atom. The Morgan fingerprint density at radius 3 is 2.29 bits per heavy atom. The Morgan fingerprint density at radius 1 is 0.857 bits per heavy atom. The van der Waals surface area contributed by atoms with Gasteiger partial charge in [-0.1, -0.05) is 113 Å². The van der Waals surface area contributed by atoms with E-state index in [-0.39, 0.29) is 6.04 Å². The molecule has 1 heterocycles. The van der Waals surface area contributed by atoms with Crippen molar-refractivity contribution in [3.63, 3.8) is 0 Å². The number of anilines is 1. The van der Waals surface area contributed by atoms with Crippen LogP contribution in [0.3, 0.4) is 0 Å². The molecule has 178 valence electrons. The van der Waals surface area contributed by atoms with E-state index < -0.39 is 0 Å². The summed E-state index contributed by atoms with van der Waals surface area (Å²) in [4.78, 5) is 5.25. The number of aromatic nitrogens is 1. The zero-order chi connectivity index (χ0) is 24.4. The molecule has 0 saturated heterocycles. The summed E-state index contributed by atoms with van der Waals surface area (Å²) in [5.41, 5.74) is 6.30. The van der Waals surface area contributed by atoms with Gasteiger partial charge in [-0.25, -0.2) is 4.98 Å². The SMILES string of the molecule is CC(C)c1cccc(C(C)C)c1NC(c1nc(-c2cccc3ccccc23)cs1)C1C=CC=CC1. The molecule has 0 fully saturated rings. The fraction of sp³-hybridized carbons (Fsp3) is 0.281. The van der Waals surface area contributed by atoms with Gasteiger partial charge in [0.15, 0.2) is 0 Å². The van der Waals surface area contributed by atoms with Gasteiger partial charge in [0.25, 0.3) is 0 Å². The Bertz CT molecular complexity index is 1340. The summed E-state index contributed by atoms with van der Waals surface area (Å²) in [7, 11) is 0. The highest BCUT2D eigenvalue weighted by molar-refractivity contribution is 7.10. The van der Waals surface area contributed by atoms with E-state index in [1.54, 1.807) is 11.3 Å². The number of fused-ring (bicyclic) bond motifs is 1. The molecular formula is C32H34N2S. The van der Waals surface area contributed by atoms with Crippen LogP contribution in [0.4, 0.5) is 5.69 Å². The quantitative estimate of drug-likeness (QED) is 0.286. The van der Waals surface area contributed by atoms with Crippen LogP contribution in [0.25, 0.3) is 22.0 Å².